The van der Waals surface area contributed by atoms with E-state index < -0.39 is 12.0 Å². The summed E-state index contributed by atoms with van der Waals surface area (Å²) in [6.45, 7) is 1.04. The van der Waals surface area contributed by atoms with Crippen molar-refractivity contribution in [3.63, 3.8) is 0 Å². The molecule has 0 aromatic heterocycles. The fourth-order valence-corrected chi connectivity index (χ4v) is 1.32. The normalized spacial score (nSPS) is 15.8. The quantitative estimate of drug-likeness (QED) is 0.789. The van der Waals surface area contributed by atoms with Crippen LogP contribution in [0.3, 0.4) is 0 Å². The van der Waals surface area contributed by atoms with Gasteiger partial charge >= 0.3 is 0 Å². The lowest BCUT2D eigenvalue weighted by Crippen LogP contribution is -2.30. The topological polar surface area (TPSA) is 20.2 Å². The van der Waals surface area contributed by atoms with Crippen LogP contribution in [0.5, 0.6) is 0 Å². The largest absolute Gasteiger partial charge is 0.379 e. The molecule has 0 aliphatic rings. The zero-order valence-corrected chi connectivity index (χ0v) is 7.72. The molecule has 0 amide bonds. The summed E-state index contributed by atoms with van der Waals surface area (Å²) in [5.74, 6) is 0. The minimum Gasteiger partial charge on any atom is -0.379 e. The maximum Gasteiger partial charge on any atom is 0.270 e. The van der Waals surface area contributed by atoms with Crippen molar-refractivity contribution in [3.05, 3.63) is 34.9 Å². The minimum atomic E-state index is -2.85. The van der Waals surface area contributed by atoms with Gasteiger partial charge in [-0.2, -0.15) is 0 Å². The molecule has 72 valence electrons. The molecule has 0 aliphatic carbocycles. The highest BCUT2D eigenvalue weighted by atomic mass is 35.5. The molecule has 0 aliphatic heterocycles. The highest BCUT2D eigenvalue weighted by Gasteiger charge is 2.35. The Labute approximate surface area is 80.0 Å². The van der Waals surface area contributed by atoms with Gasteiger partial charge in [-0.25, -0.2) is 8.78 Å². The zero-order chi connectivity index (χ0) is 10.1. The molecule has 1 N–H and O–H groups in total. The lowest BCUT2D eigenvalue weighted by molar-refractivity contribution is -0.0882. The molecule has 0 radical (unpaired) electrons. The standard InChI is InChI=1S/C9H9ClF2O/c1-9(13,8(11)12)6-4-2-3-5-7(6)10/h2-5,8,13H,1H3. The number of alkyl halides is 2. The van der Waals surface area contributed by atoms with Gasteiger partial charge in [0.15, 0.2) is 0 Å². The van der Waals surface area contributed by atoms with E-state index in [0.717, 1.165) is 6.92 Å². The molecule has 1 rings (SSSR count). The highest BCUT2D eigenvalue weighted by Crippen LogP contribution is 2.32. The molecule has 0 saturated carbocycles. The number of hydrogen-bond acceptors (Lipinski definition) is 1. The van der Waals surface area contributed by atoms with E-state index in [1.807, 2.05) is 0 Å². The van der Waals surface area contributed by atoms with Crippen LogP contribution in [0.4, 0.5) is 8.78 Å². The molecule has 4 heteroatoms. The molecule has 0 bridgehead atoms. The lowest BCUT2D eigenvalue weighted by Gasteiger charge is -2.23. The van der Waals surface area contributed by atoms with Crippen molar-refractivity contribution in [1.29, 1.82) is 0 Å². The average Bonchev–Trinajstić information content (AvgIpc) is 2.04. The van der Waals surface area contributed by atoms with Crippen molar-refractivity contribution in [2.45, 2.75) is 19.0 Å². The van der Waals surface area contributed by atoms with Crippen molar-refractivity contribution in [2.75, 3.05) is 0 Å². The number of rotatable bonds is 2. The average molecular weight is 207 g/mol. The van der Waals surface area contributed by atoms with Gasteiger partial charge in [-0.05, 0) is 13.0 Å². The molecule has 0 heterocycles. The van der Waals surface area contributed by atoms with Crippen LogP contribution in [0.1, 0.15) is 12.5 Å². The second-order valence-electron chi connectivity index (χ2n) is 2.93. The molecule has 0 spiro atoms. The van der Waals surface area contributed by atoms with E-state index in [9.17, 15) is 13.9 Å². The molecule has 13 heavy (non-hydrogen) atoms. The monoisotopic (exact) mass is 206 g/mol. The summed E-state index contributed by atoms with van der Waals surface area (Å²) in [4.78, 5) is 0. The Morgan fingerprint density at radius 1 is 1.38 bits per heavy atom. The zero-order valence-electron chi connectivity index (χ0n) is 6.97. The Morgan fingerprint density at radius 2 is 1.92 bits per heavy atom. The lowest BCUT2D eigenvalue weighted by atomic mass is 9.97. The summed E-state index contributed by atoms with van der Waals surface area (Å²) in [5, 5.41) is 9.56. The summed E-state index contributed by atoms with van der Waals surface area (Å²) in [7, 11) is 0. The maximum atomic E-state index is 12.4. The van der Waals surface area contributed by atoms with Crippen LogP contribution < -0.4 is 0 Å². The Balaban J connectivity index is 3.14. The summed E-state index contributed by atoms with van der Waals surface area (Å²) in [6.07, 6.45) is -2.85. The third-order valence-corrected chi connectivity index (χ3v) is 2.17. The number of benzene rings is 1. The van der Waals surface area contributed by atoms with Gasteiger partial charge in [0, 0.05) is 10.6 Å². The fraction of sp³-hybridized carbons (Fsp3) is 0.333. The summed E-state index contributed by atoms with van der Waals surface area (Å²) in [6, 6.07) is 6.02. The Morgan fingerprint density at radius 3 is 2.38 bits per heavy atom. The Hall–Kier alpha value is -0.670. The van der Waals surface area contributed by atoms with Gasteiger partial charge in [-0.1, -0.05) is 29.8 Å². The van der Waals surface area contributed by atoms with Crippen LogP contribution >= 0.6 is 11.6 Å². The van der Waals surface area contributed by atoms with E-state index in [-0.39, 0.29) is 10.6 Å². The van der Waals surface area contributed by atoms with Gasteiger partial charge in [-0.15, -0.1) is 0 Å². The predicted octanol–water partition coefficient (Wildman–Crippen LogP) is 2.81. The first-order chi connectivity index (χ1) is 5.96. The Bertz CT molecular complexity index is 299. The fourth-order valence-electron chi connectivity index (χ4n) is 0.989. The Kier molecular flexibility index (Phi) is 2.88. The van der Waals surface area contributed by atoms with Crippen molar-refractivity contribution in [1.82, 2.24) is 0 Å². The van der Waals surface area contributed by atoms with E-state index in [1.54, 1.807) is 12.1 Å². The van der Waals surface area contributed by atoms with Gasteiger partial charge in [0.1, 0.15) is 5.60 Å². The molecular formula is C9H9ClF2O. The van der Waals surface area contributed by atoms with Crippen LogP contribution in [0.15, 0.2) is 24.3 Å². The van der Waals surface area contributed by atoms with Gasteiger partial charge in [0.2, 0.25) is 0 Å². The first kappa shape index (κ1) is 10.4. The number of aliphatic hydroxyl groups is 1. The molecule has 1 nitrogen and oxygen atoms in total. The van der Waals surface area contributed by atoms with E-state index >= 15 is 0 Å². The third kappa shape index (κ3) is 1.98. The van der Waals surface area contributed by atoms with E-state index in [2.05, 4.69) is 0 Å². The molecule has 1 atom stereocenters. The van der Waals surface area contributed by atoms with Gasteiger partial charge in [0.25, 0.3) is 6.43 Å². The molecule has 1 aromatic carbocycles. The van der Waals surface area contributed by atoms with E-state index in [0.29, 0.717) is 0 Å². The second-order valence-corrected chi connectivity index (χ2v) is 3.34. The van der Waals surface area contributed by atoms with Gasteiger partial charge < -0.3 is 5.11 Å². The van der Waals surface area contributed by atoms with E-state index in [1.165, 1.54) is 12.1 Å². The van der Waals surface area contributed by atoms with Crippen LogP contribution in [-0.4, -0.2) is 11.5 Å². The maximum absolute atomic E-state index is 12.4. The van der Waals surface area contributed by atoms with Crippen LogP contribution in [0.2, 0.25) is 5.02 Å². The second kappa shape index (κ2) is 3.60. The highest BCUT2D eigenvalue weighted by molar-refractivity contribution is 6.31. The van der Waals surface area contributed by atoms with E-state index in [4.69, 9.17) is 11.6 Å². The van der Waals surface area contributed by atoms with Gasteiger partial charge in [-0.3, -0.25) is 0 Å². The first-order valence-corrected chi connectivity index (χ1v) is 4.09. The molecule has 0 fully saturated rings. The van der Waals surface area contributed by atoms with Crippen molar-refractivity contribution >= 4 is 11.6 Å². The SMILES string of the molecule is CC(O)(c1ccccc1Cl)C(F)F. The first-order valence-electron chi connectivity index (χ1n) is 3.72. The molecule has 1 aromatic rings. The molecule has 0 saturated heterocycles. The van der Waals surface area contributed by atoms with Crippen LogP contribution in [0, 0.1) is 0 Å². The van der Waals surface area contributed by atoms with Crippen molar-refractivity contribution in [3.8, 4) is 0 Å². The van der Waals surface area contributed by atoms with Gasteiger partial charge in [0.05, 0.1) is 0 Å². The smallest absolute Gasteiger partial charge is 0.270 e. The molecular weight excluding hydrogens is 198 g/mol. The third-order valence-electron chi connectivity index (χ3n) is 1.84. The number of halogens is 3. The van der Waals surface area contributed by atoms with Crippen molar-refractivity contribution in [2.24, 2.45) is 0 Å². The summed E-state index contributed by atoms with van der Waals surface area (Å²) < 4.78 is 24.7. The number of hydrogen-bond donors (Lipinski definition) is 1. The van der Waals surface area contributed by atoms with Crippen LogP contribution in [-0.2, 0) is 5.60 Å². The predicted molar refractivity (Wildman–Crippen MR) is 47.0 cm³/mol. The summed E-state index contributed by atoms with van der Waals surface area (Å²) >= 11 is 5.66. The minimum absolute atomic E-state index is 0.0478. The molecule has 1 unspecified atom stereocenters. The summed E-state index contributed by atoms with van der Waals surface area (Å²) in [5.41, 5.74) is -2.13. The van der Waals surface area contributed by atoms with Crippen LogP contribution in [0.25, 0.3) is 0 Å². The van der Waals surface area contributed by atoms with Crippen molar-refractivity contribution < 1.29 is 13.9 Å².